The molecule has 2 heteroatoms. The average Bonchev–Trinajstić information content (AvgIpc) is 2.83. The number of carbonyl (C=O) groups is 1. The number of rotatable bonds is 29. The summed E-state index contributed by atoms with van der Waals surface area (Å²) in [5.74, 6) is 0. The van der Waals surface area contributed by atoms with Crippen LogP contribution in [0.2, 0.25) is 0 Å². The van der Waals surface area contributed by atoms with Crippen LogP contribution in [0.25, 0.3) is 0 Å². The Kier molecular flexibility index (Phi) is 29.0. The van der Waals surface area contributed by atoms with Gasteiger partial charge in [0.15, 0.2) is 0 Å². The Hall–Kier alpha value is -0.530. The molecule has 198 valence electrons. The van der Waals surface area contributed by atoms with Gasteiger partial charge in [-0.05, 0) is 12.8 Å². The van der Waals surface area contributed by atoms with Crippen molar-refractivity contribution in [3.05, 3.63) is 0 Å². The van der Waals surface area contributed by atoms with Crippen LogP contribution in [0.4, 0.5) is 0 Å². The van der Waals surface area contributed by atoms with E-state index in [4.69, 9.17) is 0 Å². The summed E-state index contributed by atoms with van der Waals surface area (Å²) < 4.78 is 0. The zero-order chi connectivity index (χ0) is 24.1. The molecule has 0 radical (unpaired) electrons. The number of unbranched alkanes of at least 4 members (excludes halogenated alkanes) is 24. The van der Waals surface area contributed by atoms with Crippen LogP contribution in [-0.2, 0) is 4.79 Å². The van der Waals surface area contributed by atoms with E-state index in [2.05, 4.69) is 13.8 Å². The van der Waals surface area contributed by atoms with Gasteiger partial charge in [-0.3, -0.25) is 4.79 Å². The lowest BCUT2D eigenvalue weighted by Gasteiger charge is -2.17. The quantitative estimate of drug-likeness (QED) is 0.0794. The molecule has 0 unspecified atom stereocenters. The van der Waals surface area contributed by atoms with Crippen molar-refractivity contribution in [2.45, 2.75) is 181 Å². The maximum Gasteiger partial charge on any atom is 0.209 e. The van der Waals surface area contributed by atoms with Gasteiger partial charge in [-0.25, -0.2) is 0 Å². The van der Waals surface area contributed by atoms with E-state index in [-0.39, 0.29) is 0 Å². The van der Waals surface area contributed by atoms with Gasteiger partial charge in [0, 0.05) is 13.1 Å². The fourth-order valence-corrected chi connectivity index (χ4v) is 4.88. The van der Waals surface area contributed by atoms with E-state index < -0.39 is 0 Å². The Labute approximate surface area is 210 Å². The molecule has 0 atom stereocenters. The Morgan fingerprint density at radius 2 is 0.576 bits per heavy atom. The van der Waals surface area contributed by atoms with Crippen LogP contribution in [0.5, 0.6) is 0 Å². The zero-order valence-electron chi connectivity index (χ0n) is 23.2. The lowest BCUT2D eigenvalue weighted by molar-refractivity contribution is -0.118. The minimum absolute atomic E-state index is 0.971. The molecule has 0 aliphatic rings. The highest BCUT2D eigenvalue weighted by molar-refractivity contribution is 5.46. The van der Waals surface area contributed by atoms with Gasteiger partial charge in [0.25, 0.3) is 0 Å². The van der Waals surface area contributed by atoms with Crippen LogP contribution >= 0.6 is 0 Å². The first kappa shape index (κ1) is 32.5. The van der Waals surface area contributed by atoms with E-state index in [1.54, 1.807) is 0 Å². The van der Waals surface area contributed by atoms with Crippen molar-refractivity contribution in [2.24, 2.45) is 0 Å². The molecule has 0 heterocycles. The Morgan fingerprint density at radius 3 is 0.788 bits per heavy atom. The highest BCUT2D eigenvalue weighted by Crippen LogP contribution is 2.14. The molecule has 1 amide bonds. The second-order valence-electron chi connectivity index (χ2n) is 10.6. The summed E-state index contributed by atoms with van der Waals surface area (Å²) in [5, 5.41) is 0. The van der Waals surface area contributed by atoms with Gasteiger partial charge in [0.05, 0.1) is 0 Å². The topological polar surface area (TPSA) is 20.3 Å². The summed E-state index contributed by atoms with van der Waals surface area (Å²) in [4.78, 5) is 13.3. The van der Waals surface area contributed by atoms with Crippen molar-refractivity contribution < 1.29 is 4.79 Å². The minimum atomic E-state index is 0.971. The van der Waals surface area contributed by atoms with Crippen LogP contribution in [0.15, 0.2) is 0 Å². The number of hydrogen-bond donors (Lipinski definition) is 0. The van der Waals surface area contributed by atoms with E-state index in [0.717, 1.165) is 19.5 Å². The van der Waals surface area contributed by atoms with E-state index in [1.165, 1.54) is 167 Å². The summed E-state index contributed by atoms with van der Waals surface area (Å²) in [6, 6.07) is 0. The van der Waals surface area contributed by atoms with Gasteiger partial charge >= 0.3 is 0 Å². The summed E-state index contributed by atoms with van der Waals surface area (Å²) in [5.41, 5.74) is 0. The summed E-state index contributed by atoms with van der Waals surface area (Å²) in [6.45, 7) is 6.52. The molecule has 0 bridgehead atoms. The van der Waals surface area contributed by atoms with Crippen molar-refractivity contribution in [1.82, 2.24) is 4.90 Å². The van der Waals surface area contributed by atoms with Crippen LogP contribution in [-0.4, -0.2) is 24.4 Å². The van der Waals surface area contributed by atoms with Gasteiger partial charge in [0.2, 0.25) is 6.41 Å². The zero-order valence-corrected chi connectivity index (χ0v) is 23.2. The third-order valence-electron chi connectivity index (χ3n) is 7.25. The fourth-order valence-electron chi connectivity index (χ4n) is 4.88. The Balaban J connectivity index is 3.25. The van der Waals surface area contributed by atoms with E-state index >= 15 is 0 Å². The maximum absolute atomic E-state index is 11.3. The van der Waals surface area contributed by atoms with Gasteiger partial charge in [-0.15, -0.1) is 0 Å². The van der Waals surface area contributed by atoms with Crippen molar-refractivity contribution >= 4 is 6.41 Å². The standard InChI is InChI=1S/C31H63NO/c1-3-5-7-9-11-13-15-16-17-18-19-20-22-24-26-28-30-32(31-33)29-27-25-23-21-14-12-10-8-6-4-2/h31H,3-30H2,1-2H3. The van der Waals surface area contributed by atoms with Gasteiger partial charge in [-0.2, -0.15) is 0 Å². The summed E-state index contributed by atoms with van der Waals surface area (Å²) >= 11 is 0. The normalized spacial score (nSPS) is 11.2. The monoisotopic (exact) mass is 465 g/mol. The number of hydrogen-bond acceptors (Lipinski definition) is 1. The van der Waals surface area contributed by atoms with Crippen LogP contribution < -0.4 is 0 Å². The maximum atomic E-state index is 11.3. The molecule has 0 aliphatic heterocycles. The first-order chi connectivity index (χ1) is 16.3. The fraction of sp³-hybridized carbons (Fsp3) is 0.968. The number of nitrogens with zero attached hydrogens (tertiary/aromatic N) is 1. The molecule has 0 N–H and O–H groups in total. The molecule has 0 aliphatic carbocycles. The lowest BCUT2D eigenvalue weighted by Crippen LogP contribution is -2.24. The van der Waals surface area contributed by atoms with Crippen LogP contribution in [0, 0.1) is 0 Å². The molecule has 0 fully saturated rings. The van der Waals surface area contributed by atoms with E-state index in [9.17, 15) is 4.79 Å². The van der Waals surface area contributed by atoms with Crippen molar-refractivity contribution in [1.29, 1.82) is 0 Å². The second kappa shape index (κ2) is 29.5. The first-order valence-corrected chi connectivity index (χ1v) is 15.5. The minimum Gasteiger partial charge on any atom is -0.345 e. The third-order valence-corrected chi connectivity index (χ3v) is 7.25. The van der Waals surface area contributed by atoms with Crippen molar-refractivity contribution in [2.75, 3.05) is 13.1 Å². The molecular weight excluding hydrogens is 402 g/mol. The molecule has 0 aromatic heterocycles. The predicted molar refractivity (Wildman–Crippen MR) is 149 cm³/mol. The lowest BCUT2D eigenvalue weighted by atomic mass is 10.0. The van der Waals surface area contributed by atoms with Gasteiger partial charge < -0.3 is 4.90 Å². The predicted octanol–water partition coefficient (Wildman–Crippen LogP) is 10.6. The SMILES string of the molecule is CCCCCCCCCCCCCCCCCCN(C=O)CCCCCCCCCCCC. The Bertz CT molecular complexity index is 357. The number of carbonyl (C=O) groups excluding carboxylic acids is 1. The molecule has 33 heavy (non-hydrogen) atoms. The molecule has 0 saturated heterocycles. The van der Waals surface area contributed by atoms with E-state index in [0.29, 0.717) is 0 Å². The van der Waals surface area contributed by atoms with Gasteiger partial charge in [0.1, 0.15) is 0 Å². The summed E-state index contributed by atoms with van der Waals surface area (Å²) in [6.07, 6.45) is 37.1. The average molecular weight is 466 g/mol. The molecule has 2 nitrogen and oxygen atoms in total. The largest absolute Gasteiger partial charge is 0.345 e. The smallest absolute Gasteiger partial charge is 0.209 e. The molecular formula is C31H63NO. The van der Waals surface area contributed by atoms with Crippen LogP contribution in [0.1, 0.15) is 181 Å². The highest BCUT2D eigenvalue weighted by Gasteiger charge is 2.02. The van der Waals surface area contributed by atoms with E-state index in [1.807, 2.05) is 4.90 Å². The highest BCUT2D eigenvalue weighted by atomic mass is 16.1. The van der Waals surface area contributed by atoms with Crippen molar-refractivity contribution in [3.8, 4) is 0 Å². The molecule has 0 saturated carbocycles. The van der Waals surface area contributed by atoms with Crippen molar-refractivity contribution in [3.63, 3.8) is 0 Å². The Morgan fingerprint density at radius 1 is 0.364 bits per heavy atom. The summed E-state index contributed by atoms with van der Waals surface area (Å²) in [7, 11) is 0. The molecule has 0 rings (SSSR count). The van der Waals surface area contributed by atoms with Gasteiger partial charge in [-0.1, -0.05) is 168 Å². The molecule has 0 aromatic rings. The second-order valence-corrected chi connectivity index (χ2v) is 10.6. The number of amides is 1. The van der Waals surface area contributed by atoms with Crippen LogP contribution in [0.3, 0.4) is 0 Å². The molecule has 0 aromatic carbocycles. The molecule has 0 spiro atoms. The third kappa shape index (κ3) is 27.6. The first-order valence-electron chi connectivity index (χ1n) is 15.5.